The van der Waals surface area contributed by atoms with Gasteiger partial charge < -0.3 is 25.4 Å². The number of halogens is 1. The van der Waals surface area contributed by atoms with E-state index in [2.05, 4.69) is 25.5 Å². The summed E-state index contributed by atoms with van der Waals surface area (Å²) in [6.45, 7) is 5.26. The van der Waals surface area contributed by atoms with Gasteiger partial charge in [0.25, 0.3) is 0 Å². The van der Waals surface area contributed by atoms with E-state index in [1.165, 1.54) is 24.9 Å². The SMILES string of the molecule is O[C@H]1CC[C@H](Nc2nc(Nc3ccnc(Cl)c3)ncc2C2CCN(CC3CCOCC3)CC2)CC1. The number of piperidine rings is 1. The molecular formula is C26H37ClN6O2. The van der Waals surface area contributed by atoms with Crippen LogP contribution in [0.4, 0.5) is 17.5 Å². The van der Waals surface area contributed by atoms with Crippen molar-refractivity contribution in [3.05, 3.63) is 35.2 Å². The van der Waals surface area contributed by atoms with Crippen LogP contribution in [-0.4, -0.2) is 70.0 Å². The molecule has 0 amide bonds. The van der Waals surface area contributed by atoms with E-state index >= 15 is 0 Å². The van der Waals surface area contributed by atoms with Gasteiger partial charge in [-0.1, -0.05) is 11.6 Å². The Labute approximate surface area is 212 Å². The number of rotatable bonds is 7. The van der Waals surface area contributed by atoms with Gasteiger partial charge in [0.15, 0.2) is 0 Å². The number of ether oxygens (including phenoxy) is 1. The smallest absolute Gasteiger partial charge is 0.229 e. The minimum atomic E-state index is -0.174. The molecule has 2 saturated heterocycles. The molecule has 35 heavy (non-hydrogen) atoms. The number of nitrogens with zero attached hydrogens (tertiary/aromatic N) is 4. The van der Waals surface area contributed by atoms with Crippen molar-refractivity contribution in [1.82, 2.24) is 19.9 Å². The van der Waals surface area contributed by atoms with E-state index in [-0.39, 0.29) is 6.10 Å². The monoisotopic (exact) mass is 500 g/mol. The Kier molecular flexibility index (Phi) is 8.34. The molecule has 3 aliphatic rings. The van der Waals surface area contributed by atoms with Crippen molar-refractivity contribution in [2.75, 3.05) is 43.5 Å². The number of likely N-dealkylation sites (tertiary alicyclic amines) is 1. The predicted octanol–water partition coefficient (Wildman–Crippen LogP) is 4.59. The minimum Gasteiger partial charge on any atom is -0.393 e. The average Bonchev–Trinajstić information content (AvgIpc) is 2.87. The second kappa shape index (κ2) is 11.8. The number of nitrogens with one attached hydrogen (secondary N) is 2. The Morgan fingerprint density at radius 1 is 1.03 bits per heavy atom. The molecule has 3 N–H and O–H groups in total. The van der Waals surface area contributed by atoms with Crippen LogP contribution in [0.5, 0.6) is 0 Å². The van der Waals surface area contributed by atoms with E-state index in [0.717, 1.165) is 82.3 Å². The number of aromatic nitrogens is 3. The summed E-state index contributed by atoms with van der Waals surface area (Å²) in [7, 11) is 0. The first-order valence-corrected chi connectivity index (χ1v) is 13.5. The molecule has 8 nitrogen and oxygen atoms in total. The molecular weight excluding hydrogens is 464 g/mol. The highest BCUT2D eigenvalue weighted by Gasteiger charge is 2.28. The van der Waals surface area contributed by atoms with Crippen LogP contribution in [0.15, 0.2) is 24.5 Å². The maximum atomic E-state index is 9.93. The van der Waals surface area contributed by atoms with Crippen molar-refractivity contribution in [1.29, 1.82) is 0 Å². The standard InChI is InChI=1S/C26H37ClN6O2/c27-24-15-21(5-10-28-24)31-26-29-16-23(25(32-26)30-20-1-3-22(34)4-2-20)19-6-11-33(12-7-19)17-18-8-13-35-14-9-18/h5,10,15-16,18-20,22,34H,1-4,6-9,11-14,17H2,(H2,28,29,30,31,32)/t20-,22-. The Morgan fingerprint density at radius 3 is 2.54 bits per heavy atom. The molecule has 3 fully saturated rings. The summed E-state index contributed by atoms with van der Waals surface area (Å²) < 4.78 is 5.53. The first-order chi connectivity index (χ1) is 17.1. The van der Waals surface area contributed by atoms with Crippen LogP contribution in [0.25, 0.3) is 0 Å². The van der Waals surface area contributed by atoms with E-state index in [9.17, 15) is 5.11 Å². The van der Waals surface area contributed by atoms with E-state index < -0.39 is 0 Å². The van der Waals surface area contributed by atoms with Crippen molar-refractivity contribution in [3.63, 3.8) is 0 Å². The van der Waals surface area contributed by atoms with Crippen LogP contribution >= 0.6 is 11.6 Å². The molecule has 0 spiro atoms. The number of aliphatic hydroxyl groups excluding tert-OH is 1. The van der Waals surface area contributed by atoms with Crippen molar-refractivity contribution < 1.29 is 9.84 Å². The van der Waals surface area contributed by atoms with E-state index in [0.29, 0.717) is 23.1 Å². The van der Waals surface area contributed by atoms with Gasteiger partial charge in [-0.2, -0.15) is 4.98 Å². The molecule has 0 atom stereocenters. The molecule has 2 aromatic heterocycles. The average molecular weight is 501 g/mol. The molecule has 2 aromatic rings. The summed E-state index contributed by atoms with van der Waals surface area (Å²) in [6, 6.07) is 3.94. The van der Waals surface area contributed by atoms with Crippen molar-refractivity contribution >= 4 is 29.1 Å². The van der Waals surface area contributed by atoms with Crippen LogP contribution < -0.4 is 10.6 Å². The summed E-state index contributed by atoms with van der Waals surface area (Å²) in [5.41, 5.74) is 2.02. The Morgan fingerprint density at radius 2 is 1.80 bits per heavy atom. The number of hydrogen-bond donors (Lipinski definition) is 3. The van der Waals surface area contributed by atoms with Gasteiger partial charge in [-0.05, 0) is 88.4 Å². The van der Waals surface area contributed by atoms with Crippen LogP contribution in [0.1, 0.15) is 62.8 Å². The van der Waals surface area contributed by atoms with Gasteiger partial charge in [-0.3, -0.25) is 0 Å². The first-order valence-electron chi connectivity index (χ1n) is 13.1. The zero-order chi connectivity index (χ0) is 24.0. The molecule has 0 bridgehead atoms. The fourth-order valence-corrected chi connectivity index (χ4v) is 5.78. The number of pyridine rings is 1. The molecule has 0 unspecified atom stereocenters. The number of aliphatic hydroxyl groups is 1. The van der Waals surface area contributed by atoms with Gasteiger partial charge in [-0.15, -0.1) is 0 Å². The van der Waals surface area contributed by atoms with Crippen molar-refractivity contribution in [3.8, 4) is 0 Å². The predicted molar refractivity (Wildman–Crippen MR) is 138 cm³/mol. The molecule has 0 radical (unpaired) electrons. The Hall–Kier alpha value is -2.00. The fourth-order valence-electron chi connectivity index (χ4n) is 5.61. The second-order valence-corrected chi connectivity index (χ2v) is 10.7. The highest BCUT2D eigenvalue weighted by Crippen LogP contribution is 2.34. The van der Waals surface area contributed by atoms with Gasteiger partial charge >= 0.3 is 0 Å². The van der Waals surface area contributed by atoms with Gasteiger partial charge in [0.05, 0.1) is 6.10 Å². The van der Waals surface area contributed by atoms with Gasteiger partial charge in [0.2, 0.25) is 5.95 Å². The molecule has 1 saturated carbocycles. The Bertz CT molecular complexity index is 957. The summed E-state index contributed by atoms with van der Waals surface area (Å²) in [5, 5.41) is 17.3. The summed E-state index contributed by atoms with van der Waals surface area (Å²) in [5.74, 6) is 2.69. The highest BCUT2D eigenvalue weighted by atomic mass is 35.5. The summed E-state index contributed by atoms with van der Waals surface area (Å²) in [4.78, 5) is 16.2. The summed E-state index contributed by atoms with van der Waals surface area (Å²) >= 11 is 6.05. The Balaban J connectivity index is 1.28. The van der Waals surface area contributed by atoms with Crippen molar-refractivity contribution in [2.45, 2.75) is 69.4 Å². The van der Waals surface area contributed by atoms with Crippen LogP contribution in [0, 0.1) is 5.92 Å². The van der Waals surface area contributed by atoms with Gasteiger partial charge in [0.1, 0.15) is 11.0 Å². The second-order valence-electron chi connectivity index (χ2n) is 10.3. The third kappa shape index (κ3) is 6.82. The maximum absolute atomic E-state index is 9.93. The van der Waals surface area contributed by atoms with Gasteiger partial charge in [0, 0.05) is 49.4 Å². The largest absolute Gasteiger partial charge is 0.393 e. The number of anilines is 3. The van der Waals surface area contributed by atoms with Crippen LogP contribution in [0.2, 0.25) is 5.15 Å². The van der Waals surface area contributed by atoms with Crippen LogP contribution in [0.3, 0.4) is 0 Å². The normalized spacial score (nSPS) is 24.9. The molecule has 4 heterocycles. The van der Waals surface area contributed by atoms with E-state index in [4.69, 9.17) is 21.3 Å². The summed E-state index contributed by atoms with van der Waals surface area (Å²) in [6.07, 6.45) is 11.7. The maximum Gasteiger partial charge on any atom is 0.229 e. The fraction of sp³-hybridized carbons (Fsp3) is 0.654. The molecule has 1 aliphatic carbocycles. The van der Waals surface area contributed by atoms with E-state index in [1.807, 2.05) is 12.3 Å². The molecule has 5 rings (SSSR count). The highest BCUT2D eigenvalue weighted by molar-refractivity contribution is 6.29. The lowest BCUT2D eigenvalue weighted by molar-refractivity contribution is 0.0488. The third-order valence-corrected chi connectivity index (χ3v) is 7.93. The topological polar surface area (TPSA) is 95.4 Å². The molecule has 2 aliphatic heterocycles. The molecule has 0 aromatic carbocycles. The lowest BCUT2D eigenvalue weighted by Gasteiger charge is -2.36. The van der Waals surface area contributed by atoms with Gasteiger partial charge in [-0.25, -0.2) is 9.97 Å². The zero-order valence-electron chi connectivity index (χ0n) is 20.3. The minimum absolute atomic E-state index is 0.174. The molecule has 190 valence electrons. The lowest BCUT2D eigenvalue weighted by atomic mass is 9.88. The first kappa shape index (κ1) is 24.7. The lowest BCUT2D eigenvalue weighted by Crippen LogP contribution is -2.38. The zero-order valence-corrected chi connectivity index (χ0v) is 21.1. The molecule has 9 heteroatoms. The van der Waals surface area contributed by atoms with Crippen molar-refractivity contribution in [2.24, 2.45) is 5.92 Å². The van der Waals surface area contributed by atoms with E-state index in [1.54, 1.807) is 12.3 Å². The number of hydrogen-bond acceptors (Lipinski definition) is 8. The third-order valence-electron chi connectivity index (χ3n) is 7.72. The quantitative estimate of drug-likeness (QED) is 0.475. The van der Waals surface area contributed by atoms with Crippen LogP contribution in [-0.2, 0) is 4.74 Å².